The summed E-state index contributed by atoms with van der Waals surface area (Å²) in [6, 6.07) is 3.73. The first kappa shape index (κ1) is 16.1. The quantitative estimate of drug-likeness (QED) is 0.807. The molecule has 0 fully saturated rings. The molecule has 1 aromatic carbocycles. The van der Waals surface area contributed by atoms with Gasteiger partial charge in [-0.2, -0.15) is 0 Å². The minimum absolute atomic E-state index is 0.178. The molecule has 19 heavy (non-hydrogen) atoms. The molecule has 0 bridgehead atoms. The lowest BCUT2D eigenvalue weighted by atomic mass is 10.2. The van der Waals surface area contributed by atoms with Gasteiger partial charge in [-0.25, -0.2) is 17.5 Å². The second kappa shape index (κ2) is 6.98. The van der Waals surface area contributed by atoms with Crippen LogP contribution in [0, 0.1) is 5.82 Å². The summed E-state index contributed by atoms with van der Waals surface area (Å²) in [5.41, 5.74) is 5.95. The first-order valence-corrected chi connectivity index (χ1v) is 7.89. The first-order chi connectivity index (χ1) is 8.90. The SMILES string of the molecule is CCCCC(C)NS(=O)(=O)c1ccc(CN)cc1F. The van der Waals surface area contributed by atoms with Crippen molar-refractivity contribution in [2.24, 2.45) is 5.73 Å². The Labute approximate surface area is 114 Å². The Morgan fingerprint density at radius 3 is 2.63 bits per heavy atom. The molecule has 0 saturated carbocycles. The molecule has 1 aromatic rings. The maximum absolute atomic E-state index is 13.8. The fraction of sp³-hybridized carbons (Fsp3) is 0.538. The molecule has 4 nitrogen and oxygen atoms in total. The molecule has 6 heteroatoms. The van der Waals surface area contributed by atoms with E-state index in [0.717, 1.165) is 25.3 Å². The van der Waals surface area contributed by atoms with Crippen molar-refractivity contribution in [1.82, 2.24) is 4.72 Å². The van der Waals surface area contributed by atoms with Crippen molar-refractivity contribution in [3.8, 4) is 0 Å². The van der Waals surface area contributed by atoms with Crippen LogP contribution >= 0.6 is 0 Å². The normalized spacial score (nSPS) is 13.5. The van der Waals surface area contributed by atoms with Gasteiger partial charge in [0.05, 0.1) is 0 Å². The molecule has 0 aliphatic carbocycles. The fourth-order valence-electron chi connectivity index (χ4n) is 1.79. The molecule has 0 aromatic heterocycles. The van der Waals surface area contributed by atoms with E-state index in [0.29, 0.717) is 5.56 Å². The molecule has 0 spiro atoms. The van der Waals surface area contributed by atoms with Gasteiger partial charge in [-0.3, -0.25) is 0 Å². The Balaban J connectivity index is 2.88. The van der Waals surface area contributed by atoms with Gasteiger partial charge >= 0.3 is 0 Å². The van der Waals surface area contributed by atoms with Gasteiger partial charge in [0.25, 0.3) is 0 Å². The zero-order valence-corrected chi connectivity index (χ0v) is 12.1. The average Bonchev–Trinajstić information content (AvgIpc) is 2.35. The molecule has 0 saturated heterocycles. The highest BCUT2D eigenvalue weighted by molar-refractivity contribution is 7.89. The first-order valence-electron chi connectivity index (χ1n) is 6.41. The minimum atomic E-state index is -3.81. The summed E-state index contributed by atoms with van der Waals surface area (Å²) in [5.74, 6) is -0.766. The van der Waals surface area contributed by atoms with E-state index in [-0.39, 0.29) is 17.5 Å². The van der Waals surface area contributed by atoms with Gasteiger partial charge in [0.2, 0.25) is 10.0 Å². The monoisotopic (exact) mass is 288 g/mol. The van der Waals surface area contributed by atoms with Crippen LogP contribution < -0.4 is 10.5 Å². The van der Waals surface area contributed by atoms with E-state index < -0.39 is 15.8 Å². The van der Waals surface area contributed by atoms with Gasteiger partial charge in [-0.1, -0.05) is 25.8 Å². The third-order valence-corrected chi connectivity index (χ3v) is 4.49. The third-order valence-electron chi connectivity index (χ3n) is 2.87. The second-order valence-corrected chi connectivity index (χ2v) is 6.32. The smallest absolute Gasteiger partial charge is 0.243 e. The lowest BCUT2D eigenvalue weighted by Gasteiger charge is -2.14. The maximum Gasteiger partial charge on any atom is 0.243 e. The average molecular weight is 288 g/mol. The number of hydrogen-bond acceptors (Lipinski definition) is 3. The number of halogens is 1. The number of nitrogens with one attached hydrogen (secondary N) is 1. The number of benzene rings is 1. The molecule has 3 N–H and O–H groups in total. The Hall–Kier alpha value is -0.980. The van der Waals surface area contributed by atoms with Crippen LogP contribution in [-0.4, -0.2) is 14.5 Å². The van der Waals surface area contributed by atoms with Crippen LogP contribution in [0.3, 0.4) is 0 Å². The largest absolute Gasteiger partial charge is 0.326 e. The van der Waals surface area contributed by atoms with Crippen molar-refractivity contribution in [3.63, 3.8) is 0 Å². The zero-order chi connectivity index (χ0) is 14.5. The van der Waals surface area contributed by atoms with Gasteiger partial charge in [0, 0.05) is 12.6 Å². The number of nitrogens with two attached hydrogens (primary N) is 1. The van der Waals surface area contributed by atoms with Crippen LogP contribution in [0.5, 0.6) is 0 Å². The van der Waals surface area contributed by atoms with Gasteiger partial charge < -0.3 is 5.73 Å². The fourth-order valence-corrected chi connectivity index (χ4v) is 3.12. The molecule has 0 radical (unpaired) electrons. The van der Waals surface area contributed by atoms with Crippen LogP contribution in [0.2, 0.25) is 0 Å². The van der Waals surface area contributed by atoms with Crippen molar-refractivity contribution < 1.29 is 12.8 Å². The van der Waals surface area contributed by atoms with Crippen LogP contribution in [0.15, 0.2) is 23.1 Å². The number of rotatable bonds is 7. The van der Waals surface area contributed by atoms with E-state index >= 15 is 0 Å². The van der Waals surface area contributed by atoms with Crippen LogP contribution in [0.25, 0.3) is 0 Å². The van der Waals surface area contributed by atoms with E-state index in [1.165, 1.54) is 12.1 Å². The molecular formula is C13H21FN2O2S. The molecule has 0 amide bonds. The summed E-state index contributed by atoms with van der Waals surface area (Å²) in [6.45, 7) is 3.99. The number of hydrogen-bond donors (Lipinski definition) is 2. The molecule has 0 aliphatic heterocycles. The summed E-state index contributed by atoms with van der Waals surface area (Å²) in [7, 11) is -3.81. The van der Waals surface area contributed by atoms with E-state index in [1.807, 2.05) is 6.92 Å². The molecule has 0 heterocycles. The Kier molecular flexibility index (Phi) is 5.90. The van der Waals surface area contributed by atoms with Crippen molar-refractivity contribution in [2.75, 3.05) is 0 Å². The maximum atomic E-state index is 13.8. The van der Waals surface area contributed by atoms with E-state index in [1.54, 1.807) is 6.92 Å². The third kappa shape index (κ3) is 4.56. The summed E-state index contributed by atoms with van der Waals surface area (Å²) < 4.78 is 40.3. The summed E-state index contributed by atoms with van der Waals surface area (Å²) in [5, 5.41) is 0. The number of unbranched alkanes of at least 4 members (excludes halogenated alkanes) is 1. The van der Waals surface area contributed by atoms with Crippen molar-refractivity contribution in [2.45, 2.75) is 50.6 Å². The van der Waals surface area contributed by atoms with Gasteiger partial charge in [-0.15, -0.1) is 0 Å². The molecule has 0 aliphatic rings. The molecule has 1 unspecified atom stereocenters. The van der Waals surface area contributed by atoms with E-state index in [2.05, 4.69) is 4.72 Å². The lowest BCUT2D eigenvalue weighted by Crippen LogP contribution is -2.33. The second-order valence-electron chi connectivity index (χ2n) is 4.63. The molecular weight excluding hydrogens is 267 g/mol. The standard InChI is InChI=1S/C13H21FN2O2S/c1-3-4-5-10(2)16-19(17,18)13-7-6-11(9-15)8-12(13)14/h6-8,10,16H,3-5,9,15H2,1-2H3. The predicted molar refractivity (Wildman–Crippen MR) is 73.6 cm³/mol. The van der Waals surface area contributed by atoms with Gasteiger partial charge in [-0.05, 0) is 31.0 Å². The highest BCUT2D eigenvalue weighted by atomic mass is 32.2. The van der Waals surface area contributed by atoms with Gasteiger partial charge in [0.15, 0.2) is 0 Å². The Morgan fingerprint density at radius 1 is 1.42 bits per heavy atom. The topological polar surface area (TPSA) is 72.2 Å². The highest BCUT2D eigenvalue weighted by Gasteiger charge is 2.21. The zero-order valence-electron chi connectivity index (χ0n) is 11.3. The van der Waals surface area contributed by atoms with Crippen molar-refractivity contribution >= 4 is 10.0 Å². The highest BCUT2D eigenvalue weighted by Crippen LogP contribution is 2.17. The van der Waals surface area contributed by atoms with E-state index in [9.17, 15) is 12.8 Å². The molecule has 1 rings (SSSR count). The lowest BCUT2D eigenvalue weighted by molar-refractivity contribution is 0.524. The van der Waals surface area contributed by atoms with E-state index in [4.69, 9.17) is 5.73 Å². The molecule has 108 valence electrons. The Bertz CT molecular complexity index is 517. The van der Waals surface area contributed by atoms with Gasteiger partial charge in [0.1, 0.15) is 10.7 Å². The predicted octanol–water partition coefficient (Wildman–Crippen LogP) is 2.14. The summed E-state index contributed by atoms with van der Waals surface area (Å²) in [6.07, 6.45) is 2.65. The Morgan fingerprint density at radius 2 is 2.11 bits per heavy atom. The van der Waals surface area contributed by atoms with Crippen LogP contribution in [-0.2, 0) is 16.6 Å². The molecule has 1 atom stereocenters. The van der Waals surface area contributed by atoms with Crippen LogP contribution in [0.4, 0.5) is 4.39 Å². The van der Waals surface area contributed by atoms with Crippen LogP contribution in [0.1, 0.15) is 38.7 Å². The van der Waals surface area contributed by atoms with Crippen molar-refractivity contribution in [3.05, 3.63) is 29.6 Å². The summed E-state index contributed by atoms with van der Waals surface area (Å²) in [4.78, 5) is -0.326. The minimum Gasteiger partial charge on any atom is -0.326 e. The summed E-state index contributed by atoms with van der Waals surface area (Å²) >= 11 is 0. The van der Waals surface area contributed by atoms with Crippen molar-refractivity contribution in [1.29, 1.82) is 0 Å². The number of sulfonamides is 1.